The molecule has 0 saturated carbocycles. The Morgan fingerprint density at radius 2 is 1.82 bits per heavy atom. The highest BCUT2D eigenvalue weighted by Gasteiger charge is 2.36. The van der Waals surface area contributed by atoms with Gasteiger partial charge in [0, 0.05) is 30.0 Å². The number of carbonyl (C=O) groups is 2. The van der Waals surface area contributed by atoms with Crippen molar-refractivity contribution in [2.75, 3.05) is 6.54 Å². The predicted molar refractivity (Wildman–Crippen MR) is 128 cm³/mol. The van der Waals surface area contributed by atoms with E-state index in [9.17, 15) is 14.7 Å². The van der Waals surface area contributed by atoms with Crippen LogP contribution < -0.4 is 4.74 Å². The summed E-state index contributed by atoms with van der Waals surface area (Å²) in [5, 5.41) is 10.1. The first-order valence-electron chi connectivity index (χ1n) is 10.8. The molecule has 0 aliphatic carbocycles. The number of hydrogen-bond donors (Lipinski definition) is 1. The summed E-state index contributed by atoms with van der Waals surface area (Å²) in [5.41, 5.74) is 3.91. The van der Waals surface area contributed by atoms with E-state index < -0.39 is 11.6 Å². The maximum Gasteiger partial charge on any atom is 0.323 e. The van der Waals surface area contributed by atoms with Gasteiger partial charge in [-0.25, -0.2) is 0 Å². The average molecular weight is 464 g/mol. The predicted octanol–water partition coefficient (Wildman–Crippen LogP) is 5.31. The van der Waals surface area contributed by atoms with Crippen LogP contribution in [0.15, 0.2) is 66.7 Å². The van der Waals surface area contributed by atoms with Crippen LogP contribution in [0.3, 0.4) is 0 Å². The number of hydrogen-bond acceptors (Lipinski definition) is 3. The number of halogens is 1. The number of nitrogens with zero attached hydrogens (tertiary/aromatic N) is 1. The van der Waals surface area contributed by atoms with Gasteiger partial charge in [0.15, 0.2) is 0 Å². The number of fused-ring (bicyclic) bond motifs is 1. The number of carbonyl (C=O) groups excluding carboxylic acids is 1. The van der Waals surface area contributed by atoms with Crippen LogP contribution in [0.1, 0.15) is 39.5 Å². The lowest BCUT2D eigenvalue weighted by atomic mass is 9.91. The molecule has 1 aliphatic rings. The fraction of sp³-hybridized carbons (Fsp3) is 0.259. The minimum Gasteiger partial charge on any atom is -0.487 e. The zero-order valence-electron chi connectivity index (χ0n) is 18.7. The summed E-state index contributed by atoms with van der Waals surface area (Å²) in [7, 11) is 0. The molecular formula is C27H26ClNO4. The Hall–Kier alpha value is -3.31. The SMILES string of the molecule is Cc1ccc(CN(CC(=O)O)C(=O)c2ccc3c(c2)CC(C)(Cc2ccccc2Cl)O3)cc1. The van der Waals surface area contributed by atoms with Crippen LogP contribution >= 0.6 is 11.6 Å². The van der Waals surface area contributed by atoms with Crippen molar-refractivity contribution in [3.8, 4) is 5.75 Å². The van der Waals surface area contributed by atoms with Gasteiger partial charge in [0.05, 0.1) is 0 Å². The normalized spacial score (nSPS) is 16.7. The Kier molecular flexibility index (Phi) is 6.43. The molecule has 1 unspecified atom stereocenters. The zero-order chi connectivity index (χ0) is 23.6. The molecular weight excluding hydrogens is 438 g/mol. The second kappa shape index (κ2) is 9.28. The molecule has 0 aromatic heterocycles. The summed E-state index contributed by atoms with van der Waals surface area (Å²) in [6, 6.07) is 20.7. The maximum absolute atomic E-state index is 13.3. The molecule has 1 N–H and O–H groups in total. The quantitative estimate of drug-likeness (QED) is 0.515. The second-order valence-corrected chi connectivity index (χ2v) is 9.27. The Morgan fingerprint density at radius 3 is 2.52 bits per heavy atom. The lowest BCUT2D eigenvalue weighted by Gasteiger charge is -2.24. The van der Waals surface area contributed by atoms with Crippen LogP contribution in [-0.2, 0) is 24.2 Å². The fourth-order valence-corrected chi connectivity index (χ4v) is 4.46. The first-order valence-corrected chi connectivity index (χ1v) is 11.2. The number of aliphatic carboxylic acids is 1. The van der Waals surface area contributed by atoms with Gasteiger partial charge in [0.25, 0.3) is 5.91 Å². The van der Waals surface area contributed by atoms with E-state index in [-0.39, 0.29) is 19.0 Å². The molecule has 0 bridgehead atoms. The van der Waals surface area contributed by atoms with Gasteiger partial charge in [0.2, 0.25) is 0 Å². The van der Waals surface area contributed by atoms with Crippen LogP contribution in [0, 0.1) is 6.92 Å². The lowest BCUT2D eigenvalue weighted by molar-refractivity contribution is -0.137. The Morgan fingerprint density at radius 1 is 1.09 bits per heavy atom. The molecule has 4 rings (SSSR count). The lowest BCUT2D eigenvalue weighted by Crippen LogP contribution is -2.35. The van der Waals surface area contributed by atoms with Crippen molar-refractivity contribution in [3.05, 3.63) is 99.6 Å². The molecule has 1 amide bonds. The summed E-state index contributed by atoms with van der Waals surface area (Å²) in [5.74, 6) is -0.628. The third-order valence-electron chi connectivity index (χ3n) is 5.86. The van der Waals surface area contributed by atoms with Gasteiger partial charge in [0.1, 0.15) is 17.9 Å². The third kappa shape index (κ3) is 5.37. The van der Waals surface area contributed by atoms with E-state index in [1.807, 2.05) is 68.4 Å². The number of carboxylic acids is 1. The number of aryl methyl sites for hydroxylation is 1. The molecule has 3 aromatic rings. The summed E-state index contributed by atoms with van der Waals surface area (Å²) >= 11 is 6.34. The minimum atomic E-state index is -1.05. The molecule has 6 heteroatoms. The number of benzene rings is 3. The highest BCUT2D eigenvalue weighted by molar-refractivity contribution is 6.31. The van der Waals surface area contributed by atoms with Gasteiger partial charge < -0.3 is 14.7 Å². The number of amides is 1. The van der Waals surface area contributed by atoms with Gasteiger partial charge in [-0.1, -0.05) is 59.6 Å². The van der Waals surface area contributed by atoms with Gasteiger partial charge in [-0.2, -0.15) is 0 Å². The van der Waals surface area contributed by atoms with Crippen molar-refractivity contribution in [2.24, 2.45) is 0 Å². The van der Waals surface area contributed by atoms with E-state index in [0.717, 1.165) is 28.0 Å². The third-order valence-corrected chi connectivity index (χ3v) is 6.23. The first kappa shape index (κ1) is 22.9. The van der Waals surface area contributed by atoms with E-state index >= 15 is 0 Å². The molecule has 170 valence electrons. The van der Waals surface area contributed by atoms with Crippen LogP contribution in [0.25, 0.3) is 0 Å². The van der Waals surface area contributed by atoms with Crippen molar-refractivity contribution < 1.29 is 19.4 Å². The van der Waals surface area contributed by atoms with Crippen molar-refractivity contribution in [1.29, 1.82) is 0 Å². The van der Waals surface area contributed by atoms with E-state index in [2.05, 4.69) is 0 Å². The second-order valence-electron chi connectivity index (χ2n) is 8.86. The summed E-state index contributed by atoms with van der Waals surface area (Å²) in [6.45, 7) is 3.87. The van der Waals surface area contributed by atoms with Crippen molar-refractivity contribution in [1.82, 2.24) is 4.90 Å². The molecule has 3 aromatic carbocycles. The minimum absolute atomic E-state index is 0.225. The van der Waals surface area contributed by atoms with Gasteiger partial charge >= 0.3 is 5.97 Å². The molecule has 1 aliphatic heterocycles. The van der Waals surface area contributed by atoms with E-state index in [0.29, 0.717) is 23.4 Å². The maximum atomic E-state index is 13.3. The molecule has 1 atom stereocenters. The molecule has 1 heterocycles. The standard InChI is InChI=1S/C27H26ClNO4/c1-18-7-9-19(10-8-18)16-29(17-25(30)31)26(32)20-11-12-24-22(13-20)15-27(2,33-24)14-21-5-3-4-6-23(21)28/h3-13H,14-17H2,1-2H3,(H,30,31). The largest absolute Gasteiger partial charge is 0.487 e. The van der Waals surface area contributed by atoms with Crippen LogP contribution in [-0.4, -0.2) is 34.0 Å². The highest BCUT2D eigenvalue weighted by atomic mass is 35.5. The summed E-state index contributed by atoms with van der Waals surface area (Å²) < 4.78 is 6.24. The van der Waals surface area contributed by atoms with Gasteiger partial charge in [-0.05, 0) is 54.8 Å². The fourth-order valence-electron chi connectivity index (χ4n) is 4.26. The van der Waals surface area contributed by atoms with E-state index in [1.54, 1.807) is 12.1 Å². The topological polar surface area (TPSA) is 66.8 Å². The molecule has 33 heavy (non-hydrogen) atoms. The first-order chi connectivity index (χ1) is 15.7. The molecule has 0 saturated heterocycles. The monoisotopic (exact) mass is 463 g/mol. The van der Waals surface area contributed by atoms with Gasteiger partial charge in [-0.3, -0.25) is 9.59 Å². The molecule has 0 radical (unpaired) electrons. The number of carboxylic acid groups (broad SMARTS) is 1. The van der Waals surface area contributed by atoms with E-state index in [4.69, 9.17) is 16.3 Å². The van der Waals surface area contributed by atoms with Crippen molar-refractivity contribution >= 4 is 23.5 Å². The Balaban J connectivity index is 1.53. The average Bonchev–Trinajstić information content (AvgIpc) is 3.10. The van der Waals surface area contributed by atoms with Gasteiger partial charge in [-0.15, -0.1) is 0 Å². The summed E-state index contributed by atoms with van der Waals surface area (Å²) in [4.78, 5) is 26.0. The Bertz CT molecular complexity index is 1190. The molecule has 5 nitrogen and oxygen atoms in total. The van der Waals surface area contributed by atoms with E-state index in [1.165, 1.54) is 4.90 Å². The summed E-state index contributed by atoms with van der Waals surface area (Å²) in [6.07, 6.45) is 1.27. The van der Waals surface area contributed by atoms with Crippen molar-refractivity contribution in [2.45, 2.75) is 38.8 Å². The molecule has 0 fully saturated rings. The zero-order valence-corrected chi connectivity index (χ0v) is 19.4. The number of rotatable bonds is 7. The molecule has 0 spiro atoms. The highest BCUT2D eigenvalue weighted by Crippen LogP contribution is 2.38. The Labute approximate surface area is 198 Å². The van der Waals surface area contributed by atoms with Crippen molar-refractivity contribution in [3.63, 3.8) is 0 Å². The number of ether oxygens (including phenoxy) is 1. The smallest absolute Gasteiger partial charge is 0.323 e. The van der Waals surface area contributed by atoms with Crippen LogP contribution in [0.2, 0.25) is 5.02 Å². The van der Waals surface area contributed by atoms with Crippen LogP contribution in [0.4, 0.5) is 0 Å². The van der Waals surface area contributed by atoms with Crippen LogP contribution in [0.5, 0.6) is 5.75 Å².